The summed E-state index contributed by atoms with van der Waals surface area (Å²) in [6.07, 6.45) is 2.17. The first-order valence-electron chi connectivity index (χ1n) is 7.54. The minimum atomic E-state index is -0.387. The first-order chi connectivity index (χ1) is 9.95. The summed E-state index contributed by atoms with van der Waals surface area (Å²) in [6.45, 7) is 5.19. The molecule has 0 N–H and O–H groups in total. The van der Waals surface area contributed by atoms with Gasteiger partial charge in [0, 0.05) is 12.3 Å². The SMILES string of the molecule is C=C(C)C(=O)CCC(=O)OC1C2CC3CC(C(=O)O2)C1C3. The van der Waals surface area contributed by atoms with Crippen molar-refractivity contribution < 1.29 is 23.9 Å². The normalized spacial score (nSPS) is 36.2. The largest absolute Gasteiger partial charge is 0.458 e. The molecule has 1 aliphatic heterocycles. The molecule has 3 fully saturated rings. The van der Waals surface area contributed by atoms with Gasteiger partial charge in [-0.1, -0.05) is 6.58 Å². The van der Waals surface area contributed by atoms with Crippen molar-refractivity contribution >= 4 is 17.7 Å². The maximum Gasteiger partial charge on any atom is 0.309 e. The number of ether oxygens (including phenoxy) is 2. The molecule has 5 unspecified atom stereocenters. The zero-order chi connectivity index (χ0) is 15.1. The number of allylic oxidation sites excluding steroid dienone is 1. The average molecular weight is 292 g/mol. The van der Waals surface area contributed by atoms with Gasteiger partial charge in [0.25, 0.3) is 0 Å². The summed E-state index contributed by atoms with van der Waals surface area (Å²) >= 11 is 0. The number of carbonyl (C=O) groups excluding carboxylic acids is 3. The fourth-order valence-electron chi connectivity index (χ4n) is 3.90. The average Bonchev–Trinajstić information content (AvgIpc) is 2.71. The van der Waals surface area contributed by atoms with Gasteiger partial charge in [-0.2, -0.15) is 0 Å². The summed E-state index contributed by atoms with van der Waals surface area (Å²) in [5.41, 5.74) is 0.451. The Bertz CT molecular complexity index is 509. The topological polar surface area (TPSA) is 69.7 Å². The molecule has 0 aromatic carbocycles. The zero-order valence-electron chi connectivity index (χ0n) is 12.2. The Morgan fingerprint density at radius 1 is 1.29 bits per heavy atom. The number of hydrogen-bond donors (Lipinski definition) is 0. The van der Waals surface area contributed by atoms with E-state index in [0.29, 0.717) is 11.5 Å². The molecule has 1 saturated heterocycles. The highest BCUT2D eigenvalue weighted by Crippen LogP contribution is 2.51. The van der Waals surface area contributed by atoms with E-state index in [4.69, 9.17) is 9.47 Å². The lowest BCUT2D eigenvalue weighted by Crippen LogP contribution is -2.50. The Kier molecular flexibility index (Phi) is 3.59. The molecule has 21 heavy (non-hydrogen) atoms. The van der Waals surface area contributed by atoms with Crippen LogP contribution in [0.4, 0.5) is 0 Å². The van der Waals surface area contributed by atoms with Crippen LogP contribution in [-0.4, -0.2) is 29.9 Å². The van der Waals surface area contributed by atoms with Crippen molar-refractivity contribution in [1.29, 1.82) is 0 Å². The molecule has 2 aliphatic carbocycles. The molecule has 1 heterocycles. The molecule has 5 nitrogen and oxygen atoms in total. The number of hydrogen-bond acceptors (Lipinski definition) is 5. The molecule has 114 valence electrons. The highest BCUT2D eigenvalue weighted by molar-refractivity contribution is 5.95. The van der Waals surface area contributed by atoms with E-state index in [1.54, 1.807) is 6.92 Å². The van der Waals surface area contributed by atoms with Crippen LogP contribution in [0.1, 0.15) is 39.0 Å². The predicted molar refractivity (Wildman–Crippen MR) is 73.1 cm³/mol. The fraction of sp³-hybridized carbons (Fsp3) is 0.688. The van der Waals surface area contributed by atoms with Crippen molar-refractivity contribution in [1.82, 2.24) is 0 Å². The summed E-state index contributed by atoms with van der Waals surface area (Å²) in [7, 11) is 0. The number of ketones is 1. The molecule has 0 radical (unpaired) electrons. The molecule has 5 atom stereocenters. The molecular formula is C16H20O5. The number of Topliss-reactive ketones (excluding diaryl/α,β-unsaturated/α-hetero) is 1. The van der Waals surface area contributed by atoms with Crippen molar-refractivity contribution in [2.45, 2.75) is 51.2 Å². The minimum Gasteiger partial charge on any atom is -0.458 e. The number of rotatable bonds is 5. The molecule has 0 spiro atoms. The molecule has 2 saturated carbocycles. The Morgan fingerprint density at radius 3 is 2.76 bits per heavy atom. The molecule has 0 aromatic heterocycles. The van der Waals surface area contributed by atoms with Crippen LogP contribution in [0, 0.1) is 17.8 Å². The predicted octanol–water partition coefficient (Wildman–Crippen LogP) is 1.80. The summed E-state index contributed by atoms with van der Waals surface area (Å²) < 4.78 is 10.9. The van der Waals surface area contributed by atoms with Crippen LogP contribution in [0.2, 0.25) is 0 Å². The van der Waals surface area contributed by atoms with Gasteiger partial charge in [0.05, 0.1) is 12.3 Å². The maximum atomic E-state index is 11.9. The van der Waals surface area contributed by atoms with Gasteiger partial charge < -0.3 is 9.47 Å². The molecule has 0 amide bonds. The summed E-state index contributed by atoms with van der Waals surface area (Å²) in [4.78, 5) is 35.2. The first kappa shape index (κ1) is 14.3. The summed E-state index contributed by atoms with van der Waals surface area (Å²) in [5.74, 6) is -0.114. The third-order valence-corrected chi connectivity index (χ3v) is 4.93. The van der Waals surface area contributed by atoms with Crippen molar-refractivity contribution in [2.75, 3.05) is 0 Å². The van der Waals surface area contributed by atoms with E-state index in [1.165, 1.54) is 0 Å². The van der Waals surface area contributed by atoms with Crippen LogP contribution < -0.4 is 0 Å². The van der Waals surface area contributed by atoms with E-state index in [-0.39, 0.29) is 54.6 Å². The second-order valence-corrected chi connectivity index (χ2v) is 6.48. The van der Waals surface area contributed by atoms with Gasteiger partial charge in [-0.3, -0.25) is 14.4 Å². The molecule has 5 heteroatoms. The highest BCUT2D eigenvalue weighted by Gasteiger charge is 2.57. The molecule has 3 bridgehead atoms. The second-order valence-electron chi connectivity index (χ2n) is 6.48. The molecule has 0 aromatic rings. The maximum absolute atomic E-state index is 11.9. The number of esters is 2. The number of carbonyl (C=O) groups is 3. The fourth-order valence-corrected chi connectivity index (χ4v) is 3.90. The van der Waals surface area contributed by atoms with E-state index in [1.807, 2.05) is 0 Å². The first-order valence-corrected chi connectivity index (χ1v) is 7.54. The lowest BCUT2D eigenvalue weighted by Gasteiger charge is -2.40. The van der Waals surface area contributed by atoms with Crippen molar-refractivity contribution in [3.63, 3.8) is 0 Å². The van der Waals surface area contributed by atoms with E-state index in [2.05, 4.69) is 6.58 Å². The van der Waals surface area contributed by atoms with Crippen LogP contribution >= 0.6 is 0 Å². The number of fused-ring (bicyclic) bond motifs is 2. The van der Waals surface area contributed by atoms with Crippen molar-refractivity contribution in [2.24, 2.45) is 17.8 Å². The third kappa shape index (κ3) is 2.61. The summed E-state index contributed by atoms with van der Waals surface area (Å²) in [5, 5.41) is 0. The van der Waals surface area contributed by atoms with Gasteiger partial charge in [-0.25, -0.2) is 0 Å². The van der Waals surface area contributed by atoms with Crippen LogP contribution in [0.5, 0.6) is 0 Å². The van der Waals surface area contributed by atoms with E-state index in [9.17, 15) is 14.4 Å². The van der Waals surface area contributed by atoms with E-state index >= 15 is 0 Å². The lowest BCUT2D eigenvalue weighted by molar-refractivity contribution is -0.194. The van der Waals surface area contributed by atoms with Gasteiger partial charge in [-0.05, 0) is 37.7 Å². The standard InChI is InChI=1S/C16H20O5/c1-8(2)12(17)3-4-14(18)21-15-10-5-9-6-11(10)16(19)20-13(15)7-9/h9-11,13,15H,1,3-7H2,2H3. The minimum absolute atomic E-state index is 0.0592. The van der Waals surface area contributed by atoms with Crippen LogP contribution in [0.3, 0.4) is 0 Å². The third-order valence-electron chi connectivity index (χ3n) is 4.93. The summed E-state index contributed by atoms with van der Waals surface area (Å²) in [6, 6.07) is 0. The highest BCUT2D eigenvalue weighted by atomic mass is 16.6. The Balaban J connectivity index is 1.58. The Labute approximate surface area is 123 Å². The van der Waals surface area contributed by atoms with Gasteiger partial charge >= 0.3 is 11.9 Å². The molecule has 3 rings (SSSR count). The lowest BCUT2D eigenvalue weighted by atomic mass is 9.80. The second kappa shape index (κ2) is 5.28. The van der Waals surface area contributed by atoms with Crippen LogP contribution in [0.15, 0.2) is 12.2 Å². The molecular weight excluding hydrogens is 272 g/mol. The van der Waals surface area contributed by atoms with Crippen LogP contribution in [-0.2, 0) is 23.9 Å². The van der Waals surface area contributed by atoms with Crippen LogP contribution in [0.25, 0.3) is 0 Å². The van der Waals surface area contributed by atoms with Gasteiger partial charge in [0.2, 0.25) is 0 Å². The Hall–Kier alpha value is -1.65. The van der Waals surface area contributed by atoms with Crippen molar-refractivity contribution in [3.05, 3.63) is 12.2 Å². The van der Waals surface area contributed by atoms with Gasteiger partial charge in [0.15, 0.2) is 5.78 Å². The molecule has 3 aliphatic rings. The van der Waals surface area contributed by atoms with Gasteiger partial charge in [-0.15, -0.1) is 0 Å². The zero-order valence-corrected chi connectivity index (χ0v) is 12.2. The quantitative estimate of drug-likeness (QED) is 0.571. The van der Waals surface area contributed by atoms with Crippen molar-refractivity contribution in [3.8, 4) is 0 Å². The smallest absolute Gasteiger partial charge is 0.309 e. The van der Waals surface area contributed by atoms with Gasteiger partial charge in [0.1, 0.15) is 12.2 Å². The van der Waals surface area contributed by atoms with E-state index < -0.39 is 0 Å². The Morgan fingerprint density at radius 2 is 2.05 bits per heavy atom. The monoisotopic (exact) mass is 292 g/mol. The van der Waals surface area contributed by atoms with E-state index in [0.717, 1.165) is 19.3 Å².